The molecule has 2 aliphatic heterocycles. The van der Waals surface area contributed by atoms with Crippen molar-refractivity contribution in [3.8, 4) is 0 Å². The summed E-state index contributed by atoms with van der Waals surface area (Å²) in [5, 5.41) is 8.00. The molecule has 11 nitrogen and oxygen atoms in total. The number of aromatic nitrogens is 4. The average molecular weight is 831 g/mol. The number of carbonyl (C=O) groups is 1. The van der Waals surface area contributed by atoms with Crippen LogP contribution in [-0.2, 0) is 32.0 Å². The van der Waals surface area contributed by atoms with Crippen LogP contribution in [0.1, 0.15) is 87.8 Å². The van der Waals surface area contributed by atoms with Gasteiger partial charge in [-0.1, -0.05) is 61.2 Å². The minimum Gasteiger partial charge on any atom is -0.444 e. The van der Waals surface area contributed by atoms with E-state index in [4.69, 9.17) is 33.7 Å². The quantitative estimate of drug-likeness (QED) is 0.121. The van der Waals surface area contributed by atoms with E-state index in [0.29, 0.717) is 43.2 Å². The van der Waals surface area contributed by atoms with Crippen LogP contribution in [0.3, 0.4) is 0 Å². The van der Waals surface area contributed by atoms with E-state index in [-0.39, 0.29) is 17.6 Å². The fourth-order valence-electron chi connectivity index (χ4n) is 7.94. The van der Waals surface area contributed by atoms with Crippen LogP contribution in [0.25, 0.3) is 11.2 Å². The number of carbonyl (C=O) groups excluding carboxylic acids is 1. The van der Waals surface area contributed by atoms with E-state index in [1.54, 1.807) is 0 Å². The van der Waals surface area contributed by atoms with Crippen molar-refractivity contribution in [3.05, 3.63) is 9.39 Å². The Morgan fingerprint density at radius 3 is 2.22 bits per heavy atom. The van der Waals surface area contributed by atoms with Gasteiger partial charge in [0.1, 0.15) is 23.5 Å². The molecule has 0 saturated carbocycles. The third kappa shape index (κ3) is 9.37. The summed E-state index contributed by atoms with van der Waals surface area (Å²) in [6.45, 7) is 32.2. The second-order valence-corrected chi connectivity index (χ2v) is 29.5. The first-order chi connectivity index (χ1) is 22.7. The summed E-state index contributed by atoms with van der Waals surface area (Å²) in [6, 6.07) is 0.961. The Kier molecular flexibility index (Phi) is 13.0. The molecule has 1 N–H and O–H groups in total. The highest BCUT2D eigenvalue weighted by atomic mass is 127. The molecule has 2 fully saturated rings. The lowest BCUT2D eigenvalue weighted by atomic mass is 9.73. The molecule has 278 valence electrons. The predicted molar refractivity (Wildman–Crippen MR) is 210 cm³/mol. The molecule has 0 radical (unpaired) electrons. The minimum absolute atomic E-state index is 0.0993. The zero-order valence-electron chi connectivity index (χ0n) is 32.4. The van der Waals surface area contributed by atoms with Crippen LogP contribution in [0.15, 0.2) is 0 Å². The molecule has 14 heteroatoms. The highest BCUT2D eigenvalue weighted by molar-refractivity contribution is 14.1. The van der Waals surface area contributed by atoms with E-state index >= 15 is 0 Å². The van der Waals surface area contributed by atoms with Crippen molar-refractivity contribution in [2.24, 2.45) is 5.41 Å². The van der Waals surface area contributed by atoms with Gasteiger partial charge in [0.05, 0.1) is 25.4 Å². The summed E-state index contributed by atoms with van der Waals surface area (Å²) in [6.07, 6.45) is 1.20. The van der Waals surface area contributed by atoms with Gasteiger partial charge in [0, 0.05) is 33.2 Å². The van der Waals surface area contributed by atoms with Gasteiger partial charge in [-0.15, -0.1) is 0 Å². The summed E-state index contributed by atoms with van der Waals surface area (Å²) in [7, 11) is -3.38. The second-order valence-electron chi connectivity index (χ2n) is 17.4. The topological polar surface area (TPSA) is 113 Å². The Morgan fingerprint density at radius 2 is 1.67 bits per heavy atom. The van der Waals surface area contributed by atoms with Gasteiger partial charge in [0.25, 0.3) is 0 Å². The third-order valence-corrected chi connectivity index (χ3v) is 18.9. The third-order valence-electron chi connectivity index (χ3n) is 10.4. The first-order valence-corrected chi connectivity index (χ1v) is 25.1. The van der Waals surface area contributed by atoms with E-state index < -0.39 is 28.1 Å². The number of amides is 1. The van der Waals surface area contributed by atoms with Crippen molar-refractivity contribution < 1.29 is 23.4 Å². The molecule has 49 heavy (non-hydrogen) atoms. The van der Waals surface area contributed by atoms with E-state index in [0.717, 1.165) is 58.4 Å². The van der Waals surface area contributed by atoms with Crippen molar-refractivity contribution >= 4 is 62.1 Å². The minimum atomic E-state index is -2.17. The Bertz CT molecular complexity index is 1410. The summed E-state index contributed by atoms with van der Waals surface area (Å²) in [5.74, 6) is 0.852. The van der Waals surface area contributed by atoms with E-state index in [2.05, 4.69) is 94.0 Å². The first-order valence-electron chi connectivity index (χ1n) is 18.2. The number of nitrogens with one attached hydrogen (secondary N) is 1. The largest absolute Gasteiger partial charge is 0.444 e. The monoisotopic (exact) mass is 830 g/mol. The number of alkyl carbamates (subject to hydrolysis) is 1. The SMILES string of the molecule is CC(C)[Si](OCc1nc2c(I)nn(COCC[Si](C)(C)C)c2nc1N1CCC2(CC1)CO[C@@H](C)[C@H]2NC(=O)OC(C)(C)C)(C(C)C)C(C)C. The summed E-state index contributed by atoms with van der Waals surface area (Å²) >= 11 is 2.27. The summed E-state index contributed by atoms with van der Waals surface area (Å²) in [4.78, 5) is 25.8. The number of nitrogens with zero attached hydrogens (tertiary/aromatic N) is 5. The van der Waals surface area contributed by atoms with Crippen LogP contribution in [0, 0.1) is 9.12 Å². The molecule has 0 aliphatic carbocycles. The lowest BCUT2D eigenvalue weighted by molar-refractivity contribution is 0.0434. The smallest absolute Gasteiger partial charge is 0.407 e. The average Bonchev–Trinajstić information content (AvgIpc) is 3.44. The molecule has 2 atom stereocenters. The van der Waals surface area contributed by atoms with Gasteiger partial charge in [-0.05, 0) is 85.8 Å². The maximum atomic E-state index is 12.9. The first kappa shape index (κ1) is 40.4. The fraction of sp³-hybridized carbons (Fsp3) is 0.829. The van der Waals surface area contributed by atoms with E-state index in [9.17, 15) is 4.79 Å². The Hall–Kier alpha value is -1.34. The zero-order chi connectivity index (χ0) is 36.5. The predicted octanol–water partition coefficient (Wildman–Crippen LogP) is 8.33. The van der Waals surface area contributed by atoms with Gasteiger partial charge < -0.3 is 28.9 Å². The number of hydrogen-bond donors (Lipinski definition) is 1. The van der Waals surface area contributed by atoms with E-state index in [1.165, 1.54) is 0 Å². The molecule has 1 amide bonds. The number of anilines is 1. The molecule has 4 heterocycles. The lowest BCUT2D eigenvalue weighted by Gasteiger charge is -2.44. The molecule has 1 spiro atoms. The Morgan fingerprint density at radius 1 is 1.06 bits per heavy atom. The van der Waals surface area contributed by atoms with Gasteiger partial charge in [0.15, 0.2) is 15.2 Å². The molecule has 0 unspecified atom stereocenters. The fourth-order valence-corrected chi connectivity index (χ4v) is 14.7. The van der Waals surface area contributed by atoms with Crippen LogP contribution < -0.4 is 10.2 Å². The highest BCUT2D eigenvalue weighted by Gasteiger charge is 2.51. The standard InChI is InChI=1S/C35H63IN6O5Si2/c1-23(2)49(24(3)4,25(5)6)46-20-27-31(39-32-28(37-27)30(36)40-42(32)22-44-18-19-48(11,12)13)41-16-14-35(15-17-41)21-45-26(7)29(35)38-33(43)47-34(8,9)10/h23-26,29H,14-22H2,1-13H3,(H,38,43)/t26-,29+/m0/s1. The maximum absolute atomic E-state index is 12.9. The van der Waals surface area contributed by atoms with Crippen molar-refractivity contribution in [2.45, 2.75) is 155 Å². The normalized spacial score (nSPS) is 20.4. The molecule has 0 bridgehead atoms. The van der Waals surface area contributed by atoms with Gasteiger partial charge >= 0.3 is 6.09 Å². The molecule has 2 aromatic heterocycles. The van der Waals surface area contributed by atoms with Crippen LogP contribution in [0.4, 0.5) is 10.6 Å². The molecule has 2 aromatic rings. The number of piperidine rings is 1. The number of hydrogen-bond acceptors (Lipinski definition) is 9. The van der Waals surface area contributed by atoms with Gasteiger partial charge in [-0.3, -0.25) is 0 Å². The number of rotatable bonds is 13. The van der Waals surface area contributed by atoms with E-state index in [1.807, 2.05) is 32.4 Å². The second kappa shape index (κ2) is 15.7. The molecule has 2 aliphatic rings. The van der Waals surface area contributed by atoms with Gasteiger partial charge in [0.2, 0.25) is 8.32 Å². The molecule has 4 rings (SSSR count). The molecular weight excluding hydrogens is 767 g/mol. The maximum Gasteiger partial charge on any atom is 0.407 e. The highest BCUT2D eigenvalue weighted by Crippen LogP contribution is 2.45. The van der Waals surface area contributed by atoms with Crippen LogP contribution in [0.2, 0.25) is 42.3 Å². The van der Waals surface area contributed by atoms with Crippen LogP contribution >= 0.6 is 22.6 Å². The Balaban J connectivity index is 1.66. The van der Waals surface area contributed by atoms with Gasteiger partial charge in [-0.2, -0.15) is 5.10 Å². The zero-order valence-corrected chi connectivity index (χ0v) is 36.6. The molecule has 0 aromatic carbocycles. The van der Waals surface area contributed by atoms with Crippen molar-refractivity contribution in [1.29, 1.82) is 0 Å². The molecule has 2 saturated heterocycles. The lowest BCUT2D eigenvalue weighted by Crippen LogP contribution is -2.55. The number of ether oxygens (including phenoxy) is 3. The summed E-state index contributed by atoms with van der Waals surface area (Å²) < 4.78 is 27.7. The Labute approximate surface area is 310 Å². The van der Waals surface area contributed by atoms with Crippen molar-refractivity contribution in [2.75, 3.05) is 31.2 Å². The van der Waals surface area contributed by atoms with Gasteiger partial charge in [-0.25, -0.2) is 19.4 Å². The van der Waals surface area contributed by atoms with Crippen molar-refractivity contribution in [3.63, 3.8) is 0 Å². The van der Waals surface area contributed by atoms with Crippen LogP contribution in [0.5, 0.6) is 0 Å². The molecular formula is C35H63IN6O5Si2. The van der Waals surface area contributed by atoms with Crippen LogP contribution in [-0.4, -0.2) is 86.3 Å². The summed E-state index contributed by atoms with van der Waals surface area (Å²) in [5.41, 5.74) is 3.00. The number of halogens is 1. The van der Waals surface area contributed by atoms with Crippen molar-refractivity contribution in [1.82, 2.24) is 25.1 Å². The number of fused-ring (bicyclic) bond motifs is 1.